The maximum absolute atomic E-state index is 12.3. The summed E-state index contributed by atoms with van der Waals surface area (Å²) in [6.45, 7) is 3.47. The van der Waals surface area contributed by atoms with Gasteiger partial charge in [-0.25, -0.2) is 10.2 Å². The predicted molar refractivity (Wildman–Crippen MR) is 127 cm³/mol. The van der Waals surface area contributed by atoms with E-state index in [0.717, 1.165) is 11.1 Å². The van der Waals surface area contributed by atoms with Gasteiger partial charge in [-0.05, 0) is 66.9 Å². The molecule has 0 bridgehead atoms. The molecule has 0 aliphatic rings. The number of hydrazone groups is 1. The number of nitro benzene ring substituents is 1. The maximum atomic E-state index is 12.3. The Morgan fingerprint density at radius 1 is 1.06 bits per heavy atom. The lowest BCUT2D eigenvalue weighted by molar-refractivity contribution is -0.384. The molecule has 34 heavy (non-hydrogen) atoms. The van der Waals surface area contributed by atoms with E-state index in [0.29, 0.717) is 16.3 Å². The molecule has 0 unspecified atom stereocenters. The molecule has 0 aliphatic heterocycles. The smallest absolute Gasteiger partial charge is 0.343 e. The first-order valence-electron chi connectivity index (χ1n) is 10.0. The second-order valence-electron chi connectivity index (χ2n) is 7.22. The summed E-state index contributed by atoms with van der Waals surface area (Å²) in [5, 5.41) is 15.2. The zero-order valence-corrected chi connectivity index (χ0v) is 19.0. The number of amides is 1. The molecule has 0 radical (unpaired) electrons. The lowest BCUT2D eigenvalue weighted by Gasteiger charge is -2.09. The van der Waals surface area contributed by atoms with E-state index in [4.69, 9.17) is 21.1 Å². The number of nitrogens with one attached hydrogen (secondary N) is 1. The van der Waals surface area contributed by atoms with Gasteiger partial charge in [0.2, 0.25) is 0 Å². The molecule has 0 spiro atoms. The molecule has 9 nitrogen and oxygen atoms in total. The van der Waals surface area contributed by atoms with Crippen molar-refractivity contribution in [1.29, 1.82) is 0 Å². The third-order valence-electron chi connectivity index (χ3n) is 4.57. The van der Waals surface area contributed by atoms with Crippen LogP contribution in [0.25, 0.3) is 0 Å². The van der Waals surface area contributed by atoms with Gasteiger partial charge in [0.15, 0.2) is 6.61 Å². The molecule has 0 aromatic heterocycles. The number of hydrogen-bond acceptors (Lipinski definition) is 7. The summed E-state index contributed by atoms with van der Waals surface area (Å²) in [5.74, 6) is -0.346. The van der Waals surface area contributed by atoms with Crippen LogP contribution in [0.4, 0.5) is 5.69 Å². The molecule has 3 rings (SSSR count). The van der Waals surface area contributed by atoms with Crippen LogP contribution in [0.15, 0.2) is 65.8 Å². The fraction of sp³-hybridized carbons (Fsp3) is 0.125. The Morgan fingerprint density at radius 3 is 2.38 bits per heavy atom. The lowest BCUT2D eigenvalue weighted by atomic mass is 10.1. The Balaban J connectivity index is 1.53. The highest BCUT2D eigenvalue weighted by Crippen LogP contribution is 2.25. The van der Waals surface area contributed by atoms with Crippen molar-refractivity contribution in [3.05, 3.63) is 98.1 Å². The SMILES string of the molecule is Cc1cc(OCC(=O)N/N=C\c2cccc(OC(=O)c3ccc([N+](=O)[O-])cc3)c2)cc(C)c1Cl. The van der Waals surface area contributed by atoms with Crippen LogP contribution in [-0.4, -0.2) is 29.6 Å². The normalized spacial score (nSPS) is 10.7. The van der Waals surface area contributed by atoms with Gasteiger partial charge < -0.3 is 9.47 Å². The quantitative estimate of drug-likeness (QED) is 0.165. The molecular formula is C24H20ClN3O6. The Kier molecular flexibility index (Phi) is 7.94. The summed E-state index contributed by atoms with van der Waals surface area (Å²) < 4.78 is 10.8. The Morgan fingerprint density at radius 2 is 1.74 bits per heavy atom. The highest BCUT2D eigenvalue weighted by atomic mass is 35.5. The first-order valence-corrected chi connectivity index (χ1v) is 10.4. The van der Waals surface area contributed by atoms with Crippen molar-refractivity contribution in [2.24, 2.45) is 5.10 Å². The van der Waals surface area contributed by atoms with E-state index < -0.39 is 16.8 Å². The van der Waals surface area contributed by atoms with E-state index in [1.807, 2.05) is 13.8 Å². The average Bonchev–Trinajstić information content (AvgIpc) is 2.81. The standard InChI is InChI=1S/C24H20ClN3O6/c1-15-10-21(11-16(2)23(15)25)33-14-22(29)27-26-13-17-4-3-5-20(12-17)34-24(30)18-6-8-19(9-7-18)28(31)32/h3-13H,14H2,1-2H3,(H,27,29)/b26-13-. The number of nitro groups is 1. The van der Waals surface area contributed by atoms with Gasteiger partial charge >= 0.3 is 5.97 Å². The fourth-order valence-corrected chi connectivity index (χ4v) is 3.00. The largest absolute Gasteiger partial charge is 0.484 e. The molecule has 10 heteroatoms. The molecule has 1 amide bonds. The molecule has 3 aromatic carbocycles. The summed E-state index contributed by atoms with van der Waals surface area (Å²) >= 11 is 6.12. The number of non-ortho nitro benzene ring substituents is 1. The minimum absolute atomic E-state index is 0.124. The first-order chi connectivity index (χ1) is 16.2. The van der Waals surface area contributed by atoms with Crippen LogP contribution in [0, 0.1) is 24.0 Å². The number of benzene rings is 3. The van der Waals surface area contributed by atoms with Crippen molar-refractivity contribution < 1.29 is 24.0 Å². The molecule has 0 heterocycles. The number of esters is 1. The van der Waals surface area contributed by atoms with Gasteiger partial charge in [-0.1, -0.05) is 23.7 Å². The first kappa shape index (κ1) is 24.4. The van der Waals surface area contributed by atoms with Gasteiger partial charge in [0.05, 0.1) is 16.7 Å². The molecule has 0 aliphatic carbocycles. The highest BCUT2D eigenvalue weighted by molar-refractivity contribution is 6.32. The number of rotatable bonds is 8. The van der Waals surface area contributed by atoms with E-state index in [9.17, 15) is 19.7 Å². The molecule has 1 N–H and O–H groups in total. The van der Waals surface area contributed by atoms with E-state index in [2.05, 4.69) is 10.5 Å². The van der Waals surface area contributed by atoms with Gasteiger partial charge in [-0.2, -0.15) is 5.10 Å². The molecule has 0 saturated carbocycles. The molecule has 0 atom stereocenters. The number of carbonyl (C=O) groups excluding carboxylic acids is 2. The third kappa shape index (κ3) is 6.63. The Labute approximate surface area is 200 Å². The predicted octanol–water partition coefficient (Wildman–Crippen LogP) is 4.61. The van der Waals surface area contributed by atoms with Crippen molar-refractivity contribution >= 4 is 35.4 Å². The second-order valence-corrected chi connectivity index (χ2v) is 7.60. The summed E-state index contributed by atoms with van der Waals surface area (Å²) in [5.41, 5.74) is 4.68. The number of halogens is 1. The van der Waals surface area contributed by atoms with E-state index in [-0.39, 0.29) is 23.6 Å². The molecule has 0 fully saturated rings. The monoisotopic (exact) mass is 481 g/mol. The van der Waals surface area contributed by atoms with E-state index in [1.165, 1.54) is 30.5 Å². The summed E-state index contributed by atoms with van der Waals surface area (Å²) in [6.07, 6.45) is 1.39. The topological polar surface area (TPSA) is 120 Å². The van der Waals surface area contributed by atoms with Gasteiger partial charge in [-0.3, -0.25) is 14.9 Å². The maximum Gasteiger partial charge on any atom is 0.343 e. The molecule has 0 saturated heterocycles. The van der Waals surface area contributed by atoms with Crippen LogP contribution in [-0.2, 0) is 4.79 Å². The zero-order chi connectivity index (χ0) is 24.7. The Bertz CT molecular complexity index is 1230. The van der Waals surface area contributed by atoms with E-state index in [1.54, 1.807) is 36.4 Å². The fourth-order valence-electron chi connectivity index (χ4n) is 2.89. The van der Waals surface area contributed by atoms with Gasteiger partial charge in [0.1, 0.15) is 11.5 Å². The van der Waals surface area contributed by atoms with Gasteiger partial charge in [0.25, 0.3) is 11.6 Å². The minimum Gasteiger partial charge on any atom is -0.484 e. The van der Waals surface area contributed by atoms with Gasteiger partial charge in [0, 0.05) is 17.2 Å². The molecular weight excluding hydrogens is 462 g/mol. The lowest BCUT2D eigenvalue weighted by Crippen LogP contribution is -2.24. The van der Waals surface area contributed by atoms with Crippen molar-refractivity contribution in [2.75, 3.05) is 6.61 Å². The van der Waals surface area contributed by atoms with E-state index >= 15 is 0 Å². The van der Waals surface area contributed by atoms with Crippen LogP contribution < -0.4 is 14.9 Å². The van der Waals surface area contributed by atoms with Crippen molar-refractivity contribution in [3.63, 3.8) is 0 Å². The number of aryl methyl sites for hydroxylation is 2. The van der Waals surface area contributed by atoms with Crippen molar-refractivity contribution in [1.82, 2.24) is 5.43 Å². The van der Waals surface area contributed by atoms with Gasteiger partial charge in [-0.15, -0.1) is 0 Å². The molecule has 174 valence electrons. The second kappa shape index (κ2) is 11.1. The van der Waals surface area contributed by atoms with Crippen molar-refractivity contribution in [2.45, 2.75) is 13.8 Å². The molecule has 3 aromatic rings. The van der Waals surface area contributed by atoms with Crippen LogP contribution in [0.2, 0.25) is 5.02 Å². The summed E-state index contributed by atoms with van der Waals surface area (Å²) in [6, 6.07) is 15.0. The summed E-state index contributed by atoms with van der Waals surface area (Å²) in [7, 11) is 0. The number of nitrogens with zero attached hydrogens (tertiary/aromatic N) is 2. The summed E-state index contributed by atoms with van der Waals surface area (Å²) in [4.78, 5) is 34.4. The zero-order valence-electron chi connectivity index (χ0n) is 18.3. The Hall–Kier alpha value is -4.24. The number of carbonyl (C=O) groups is 2. The highest BCUT2D eigenvalue weighted by Gasteiger charge is 2.12. The number of ether oxygens (including phenoxy) is 2. The van der Waals surface area contributed by atoms with Crippen LogP contribution >= 0.6 is 11.6 Å². The third-order valence-corrected chi connectivity index (χ3v) is 5.16. The minimum atomic E-state index is -0.665. The van der Waals surface area contributed by atoms with Crippen molar-refractivity contribution in [3.8, 4) is 11.5 Å². The van der Waals surface area contributed by atoms with Crippen LogP contribution in [0.3, 0.4) is 0 Å². The van der Waals surface area contributed by atoms with Crippen LogP contribution in [0.5, 0.6) is 11.5 Å². The number of hydrogen-bond donors (Lipinski definition) is 1. The average molecular weight is 482 g/mol. The van der Waals surface area contributed by atoms with Crippen LogP contribution in [0.1, 0.15) is 27.0 Å².